The van der Waals surface area contributed by atoms with E-state index in [4.69, 9.17) is 14.4 Å². The molecule has 0 spiro atoms. The van der Waals surface area contributed by atoms with Gasteiger partial charge in [0.2, 0.25) is 0 Å². The van der Waals surface area contributed by atoms with Crippen molar-refractivity contribution in [3.8, 4) is 11.3 Å². The van der Waals surface area contributed by atoms with Gasteiger partial charge in [0.15, 0.2) is 11.5 Å². The Bertz CT molecular complexity index is 626. The fourth-order valence-electron chi connectivity index (χ4n) is 1.58. The van der Waals surface area contributed by atoms with Crippen LogP contribution in [0.2, 0.25) is 0 Å². The number of hydrogen-bond acceptors (Lipinski definition) is 4. The Labute approximate surface area is 116 Å². The molecular formula is C12H9BrFNO4. The number of benzene rings is 1. The molecule has 0 aliphatic rings. The van der Waals surface area contributed by atoms with E-state index in [-0.39, 0.29) is 21.5 Å². The van der Waals surface area contributed by atoms with Gasteiger partial charge in [-0.3, -0.25) is 0 Å². The highest BCUT2D eigenvalue weighted by Gasteiger charge is 2.17. The Morgan fingerprint density at radius 1 is 1.53 bits per heavy atom. The summed E-state index contributed by atoms with van der Waals surface area (Å²) in [5, 5.41) is 12.1. The molecule has 0 bridgehead atoms. The van der Waals surface area contributed by atoms with Crippen molar-refractivity contribution < 1.29 is 23.6 Å². The summed E-state index contributed by atoms with van der Waals surface area (Å²) < 4.78 is 24.1. The molecule has 1 aromatic heterocycles. The van der Waals surface area contributed by atoms with Crippen molar-refractivity contribution in [3.05, 3.63) is 39.7 Å². The number of carbonyl (C=O) groups is 1. The van der Waals surface area contributed by atoms with Gasteiger partial charge in [-0.2, -0.15) is 0 Å². The number of carboxylic acids is 1. The van der Waals surface area contributed by atoms with Crippen LogP contribution in [0.3, 0.4) is 0 Å². The van der Waals surface area contributed by atoms with Gasteiger partial charge < -0.3 is 14.4 Å². The van der Waals surface area contributed by atoms with Gasteiger partial charge in [-0.05, 0) is 33.6 Å². The minimum atomic E-state index is -1.23. The van der Waals surface area contributed by atoms with Crippen LogP contribution in [0.15, 0.2) is 27.2 Å². The highest BCUT2D eigenvalue weighted by molar-refractivity contribution is 9.10. The minimum absolute atomic E-state index is 0.0496. The zero-order chi connectivity index (χ0) is 14.0. The van der Waals surface area contributed by atoms with E-state index in [9.17, 15) is 9.18 Å². The maximum absolute atomic E-state index is 14.0. The van der Waals surface area contributed by atoms with E-state index in [1.54, 1.807) is 6.07 Å². The monoisotopic (exact) mass is 329 g/mol. The van der Waals surface area contributed by atoms with E-state index in [1.165, 1.54) is 19.2 Å². The number of carboxylic acid groups (broad SMARTS) is 1. The quantitative estimate of drug-likeness (QED) is 0.933. The predicted octanol–water partition coefficient (Wildman–Crippen LogP) is 3.09. The molecular weight excluding hydrogens is 321 g/mol. The van der Waals surface area contributed by atoms with Gasteiger partial charge in [-0.25, -0.2) is 9.18 Å². The van der Waals surface area contributed by atoms with Crippen LogP contribution in [0.25, 0.3) is 11.3 Å². The van der Waals surface area contributed by atoms with Crippen LogP contribution in [0.1, 0.15) is 16.1 Å². The highest BCUT2D eigenvalue weighted by atomic mass is 79.9. The Morgan fingerprint density at radius 3 is 2.84 bits per heavy atom. The number of ether oxygens (including phenoxy) is 1. The molecule has 0 saturated heterocycles. The van der Waals surface area contributed by atoms with Crippen molar-refractivity contribution in [2.75, 3.05) is 7.11 Å². The van der Waals surface area contributed by atoms with Crippen LogP contribution in [0.4, 0.5) is 4.39 Å². The van der Waals surface area contributed by atoms with E-state index in [0.29, 0.717) is 6.61 Å². The first kappa shape index (κ1) is 13.7. The molecule has 7 heteroatoms. The second-order valence-electron chi connectivity index (χ2n) is 3.75. The normalized spacial score (nSPS) is 10.7. The molecule has 0 amide bonds. The van der Waals surface area contributed by atoms with Gasteiger partial charge in [0.1, 0.15) is 5.82 Å². The van der Waals surface area contributed by atoms with Crippen LogP contribution in [0.5, 0.6) is 0 Å². The Hall–Kier alpha value is -1.73. The second kappa shape index (κ2) is 5.50. The van der Waals surface area contributed by atoms with Gasteiger partial charge in [0, 0.05) is 13.2 Å². The molecule has 0 aliphatic heterocycles. The fraction of sp³-hybridized carbons (Fsp3) is 0.167. The standard InChI is InChI=1S/C12H9BrFNO4/c1-18-5-6-2-7(11(14)8(13)3-6)10-4-9(12(16)17)15-19-10/h2-4H,5H2,1H3,(H,16,17). The summed E-state index contributed by atoms with van der Waals surface area (Å²) in [4.78, 5) is 10.7. The lowest BCUT2D eigenvalue weighted by atomic mass is 10.1. The summed E-state index contributed by atoms with van der Waals surface area (Å²) in [5.41, 5.74) is 0.572. The van der Waals surface area contributed by atoms with Crippen LogP contribution in [-0.4, -0.2) is 23.3 Å². The molecule has 0 atom stereocenters. The molecule has 0 radical (unpaired) electrons. The lowest BCUT2D eigenvalue weighted by Gasteiger charge is -2.05. The first-order chi connectivity index (χ1) is 9.02. The third-order valence-electron chi connectivity index (χ3n) is 2.39. The predicted molar refractivity (Wildman–Crippen MR) is 67.3 cm³/mol. The van der Waals surface area contributed by atoms with E-state index >= 15 is 0 Å². The summed E-state index contributed by atoms with van der Waals surface area (Å²) in [6.45, 7) is 0.297. The molecule has 0 unspecified atom stereocenters. The highest BCUT2D eigenvalue weighted by Crippen LogP contribution is 2.30. The summed E-state index contributed by atoms with van der Waals surface area (Å²) in [6.07, 6.45) is 0. The maximum Gasteiger partial charge on any atom is 0.358 e. The minimum Gasteiger partial charge on any atom is -0.476 e. The number of hydrogen-bond donors (Lipinski definition) is 1. The SMILES string of the molecule is COCc1cc(Br)c(F)c(-c2cc(C(=O)O)no2)c1. The molecule has 1 heterocycles. The van der Waals surface area contributed by atoms with Crippen LogP contribution >= 0.6 is 15.9 Å². The number of aromatic carboxylic acids is 1. The van der Waals surface area contributed by atoms with Gasteiger partial charge >= 0.3 is 5.97 Å². The average Bonchev–Trinajstić information content (AvgIpc) is 2.83. The lowest BCUT2D eigenvalue weighted by Crippen LogP contribution is -1.95. The fourth-order valence-corrected chi connectivity index (χ4v) is 2.09. The third-order valence-corrected chi connectivity index (χ3v) is 2.97. The van der Waals surface area contributed by atoms with E-state index < -0.39 is 11.8 Å². The number of aromatic nitrogens is 1. The zero-order valence-corrected chi connectivity index (χ0v) is 11.4. The lowest BCUT2D eigenvalue weighted by molar-refractivity contribution is 0.0686. The van der Waals surface area contributed by atoms with Crippen molar-refractivity contribution >= 4 is 21.9 Å². The third kappa shape index (κ3) is 2.82. The summed E-state index contributed by atoms with van der Waals surface area (Å²) in [7, 11) is 1.52. The van der Waals surface area contributed by atoms with E-state index in [2.05, 4.69) is 21.1 Å². The smallest absolute Gasteiger partial charge is 0.358 e. The van der Waals surface area contributed by atoms with Gasteiger partial charge in [-0.1, -0.05) is 5.16 Å². The molecule has 5 nitrogen and oxygen atoms in total. The molecule has 0 fully saturated rings. The molecule has 1 aromatic carbocycles. The first-order valence-electron chi connectivity index (χ1n) is 5.20. The topological polar surface area (TPSA) is 72.6 Å². The van der Waals surface area contributed by atoms with E-state index in [0.717, 1.165) is 5.56 Å². The molecule has 0 aliphatic carbocycles. The number of halogens is 2. The maximum atomic E-state index is 14.0. The number of methoxy groups -OCH3 is 1. The second-order valence-corrected chi connectivity index (χ2v) is 4.61. The van der Waals surface area contributed by atoms with Crippen molar-refractivity contribution in [3.63, 3.8) is 0 Å². The van der Waals surface area contributed by atoms with Crippen molar-refractivity contribution in [1.82, 2.24) is 5.16 Å². The molecule has 2 aromatic rings. The Morgan fingerprint density at radius 2 is 2.26 bits per heavy atom. The van der Waals surface area contributed by atoms with E-state index in [1.807, 2.05) is 0 Å². The number of rotatable bonds is 4. The van der Waals surface area contributed by atoms with Crippen molar-refractivity contribution in [2.24, 2.45) is 0 Å². The first-order valence-corrected chi connectivity index (χ1v) is 5.99. The molecule has 2 rings (SSSR count). The molecule has 100 valence electrons. The van der Waals surface area contributed by atoms with Crippen molar-refractivity contribution in [1.29, 1.82) is 0 Å². The molecule has 0 saturated carbocycles. The zero-order valence-electron chi connectivity index (χ0n) is 9.81. The largest absolute Gasteiger partial charge is 0.476 e. The van der Waals surface area contributed by atoms with Gasteiger partial charge in [-0.15, -0.1) is 0 Å². The van der Waals surface area contributed by atoms with Crippen LogP contribution in [0, 0.1) is 5.82 Å². The summed E-state index contributed by atoms with van der Waals surface area (Å²) in [5.74, 6) is -1.73. The molecule has 1 N–H and O–H groups in total. The van der Waals surface area contributed by atoms with Crippen molar-refractivity contribution in [2.45, 2.75) is 6.61 Å². The number of nitrogens with zero attached hydrogens (tertiary/aromatic N) is 1. The summed E-state index contributed by atoms with van der Waals surface area (Å²) >= 11 is 3.09. The summed E-state index contributed by atoms with van der Waals surface area (Å²) in [6, 6.07) is 4.27. The van der Waals surface area contributed by atoms with Crippen LogP contribution in [-0.2, 0) is 11.3 Å². The molecule has 19 heavy (non-hydrogen) atoms. The Kier molecular flexibility index (Phi) is 3.96. The van der Waals surface area contributed by atoms with Gasteiger partial charge in [0.25, 0.3) is 0 Å². The van der Waals surface area contributed by atoms with Gasteiger partial charge in [0.05, 0.1) is 16.6 Å². The average molecular weight is 330 g/mol. The van der Waals surface area contributed by atoms with Crippen LogP contribution < -0.4 is 0 Å². The Balaban J connectivity index is 2.50.